The smallest absolute Gasteiger partial charge is 0.254 e. The minimum absolute atomic E-state index is 0.0212. The Morgan fingerprint density at radius 2 is 1.90 bits per heavy atom. The fourth-order valence-corrected chi connectivity index (χ4v) is 2.94. The fraction of sp³-hybridized carbons (Fsp3) is 0.294. The molecule has 0 bridgehead atoms. The minimum Gasteiger partial charge on any atom is -0.330 e. The highest BCUT2D eigenvalue weighted by molar-refractivity contribution is 6.29. The van der Waals surface area contributed by atoms with Crippen molar-refractivity contribution in [2.24, 2.45) is 0 Å². The summed E-state index contributed by atoms with van der Waals surface area (Å²) in [5.41, 5.74) is 3.95. The molecule has 1 aliphatic rings. The summed E-state index contributed by atoms with van der Waals surface area (Å²) in [7, 11) is 0. The summed E-state index contributed by atoms with van der Waals surface area (Å²) < 4.78 is 0. The van der Waals surface area contributed by atoms with Crippen LogP contribution in [0.25, 0.3) is 0 Å². The summed E-state index contributed by atoms with van der Waals surface area (Å²) in [5, 5.41) is 0.390. The van der Waals surface area contributed by atoms with E-state index < -0.39 is 0 Å². The van der Waals surface area contributed by atoms with Crippen molar-refractivity contribution in [2.75, 3.05) is 0 Å². The van der Waals surface area contributed by atoms with E-state index in [1.165, 1.54) is 11.1 Å². The Morgan fingerprint density at radius 3 is 2.52 bits per heavy atom. The average molecular weight is 301 g/mol. The normalized spacial score (nSPS) is 13.3. The number of carbonyl (C=O) groups is 1. The second kappa shape index (κ2) is 5.86. The highest BCUT2D eigenvalue weighted by atomic mass is 35.5. The Morgan fingerprint density at radius 1 is 1.24 bits per heavy atom. The van der Waals surface area contributed by atoms with Gasteiger partial charge >= 0.3 is 0 Å². The van der Waals surface area contributed by atoms with E-state index in [0.717, 1.165) is 18.5 Å². The molecule has 3 rings (SSSR count). The summed E-state index contributed by atoms with van der Waals surface area (Å²) >= 11 is 6.04. The van der Waals surface area contributed by atoms with Gasteiger partial charge in [-0.1, -0.05) is 49.2 Å². The van der Waals surface area contributed by atoms with Crippen molar-refractivity contribution >= 4 is 17.5 Å². The van der Waals surface area contributed by atoms with Gasteiger partial charge in [0.15, 0.2) is 0 Å². The van der Waals surface area contributed by atoms with Gasteiger partial charge in [0.05, 0.1) is 0 Å². The van der Waals surface area contributed by atoms with Gasteiger partial charge in [-0.05, 0) is 29.7 Å². The van der Waals surface area contributed by atoms with Crippen LogP contribution in [0.2, 0.25) is 5.15 Å². The van der Waals surface area contributed by atoms with E-state index in [1.807, 2.05) is 23.1 Å². The molecule has 1 aromatic heterocycles. The lowest BCUT2D eigenvalue weighted by molar-refractivity contribution is 0.0751. The Kier molecular flexibility index (Phi) is 3.93. The third-order valence-corrected chi connectivity index (χ3v) is 3.92. The number of rotatable bonds is 3. The minimum atomic E-state index is 0.0212. The van der Waals surface area contributed by atoms with E-state index in [9.17, 15) is 4.79 Å². The van der Waals surface area contributed by atoms with Crippen molar-refractivity contribution in [2.45, 2.75) is 32.9 Å². The van der Waals surface area contributed by atoms with Crippen LogP contribution in [0.4, 0.5) is 0 Å². The van der Waals surface area contributed by atoms with Gasteiger partial charge in [0.2, 0.25) is 0 Å². The van der Waals surface area contributed by atoms with Gasteiger partial charge in [0.25, 0.3) is 5.91 Å². The zero-order chi connectivity index (χ0) is 14.8. The third-order valence-electron chi connectivity index (χ3n) is 3.73. The zero-order valence-corrected chi connectivity index (χ0v) is 12.7. The average Bonchev–Trinajstić information content (AvgIpc) is 2.90. The predicted molar refractivity (Wildman–Crippen MR) is 83.3 cm³/mol. The van der Waals surface area contributed by atoms with Crippen LogP contribution in [0.15, 0.2) is 36.4 Å². The van der Waals surface area contributed by atoms with Crippen LogP contribution in [0.3, 0.4) is 0 Å². The van der Waals surface area contributed by atoms with Crippen molar-refractivity contribution in [3.05, 3.63) is 63.9 Å². The van der Waals surface area contributed by atoms with E-state index in [1.54, 1.807) is 6.07 Å². The SMILES string of the molecule is CCCc1cc(C(=O)N2Cc3ccccc3C2)cc(Cl)n1. The molecule has 3 nitrogen and oxygen atoms in total. The molecule has 1 aliphatic heterocycles. The standard InChI is InChI=1S/C17H17ClN2O/c1-2-5-15-8-14(9-16(18)19-15)17(21)20-10-12-6-3-4-7-13(12)11-20/h3-4,6-9H,2,5,10-11H2,1H3. The molecule has 0 saturated heterocycles. The topological polar surface area (TPSA) is 33.2 Å². The molecule has 0 atom stereocenters. The van der Waals surface area contributed by atoms with Crippen molar-refractivity contribution in [3.63, 3.8) is 0 Å². The van der Waals surface area contributed by atoms with E-state index in [4.69, 9.17) is 11.6 Å². The van der Waals surface area contributed by atoms with Crippen LogP contribution < -0.4 is 0 Å². The quantitative estimate of drug-likeness (QED) is 0.807. The molecule has 0 radical (unpaired) electrons. The number of benzene rings is 1. The number of nitrogens with zero attached hydrogens (tertiary/aromatic N) is 2. The van der Waals surface area contributed by atoms with E-state index in [0.29, 0.717) is 23.8 Å². The summed E-state index contributed by atoms with van der Waals surface area (Å²) in [4.78, 5) is 18.8. The number of hydrogen-bond acceptors (Lipinski definition) is 2. The van der Waals surface area contributed by atoms with Gasteiger partial charge in [0, 0.05) is 24.3 Å². The number of hydrogen-bond donors (Lipinski definition) is 0. The molecule has 0 unspecified atom stereocenters. The van der Waals surface area contributed by atoms with Gasteiger partial charge in [-0.25, -0.2) is 4.98 Å². The molecule has 0 aliphatic carbocycles. The number of carbonyl (C=O) groups excluding carboxylic acids is 1. The van der Waals surface area contributed by atoms with Crippen LogP contribution in [0.5, 0.6) is 0 Å². The summed E-state index contributed by atoms with van der Waals surface area (Å²) in [6, 6.07) is 11.7. The van der Waals surface area contributed by atoms with Gasteiger partial charge in [0.1, 0.15) is 5.15 Å². The second-order valence-corrected chi connectivity index (χ2v) is 5.74. The Labute approximate surface area is 129 Å². The van der Waals surface area contributed by atoms with Crippen molar-refractivity contribution in [1.82, 2.24) is 9.88 Å². The van der Waals surface area contributed by atoms with E-state index in [2.05, 4.69) is 24.0 Å². The molecule has 4 heteroatoms. The predicted octanol–water partition coefficient (Wildman–Crippen LogP) is 3.84. The van der Waals surface area contributed by atoms with E-state index in [-0.39, 0.29) is 5.91 Å². The van der Waals surface area contributed by atoms with Crippen LogP contribution in [0, 0.1) is 0 Å². The van der Waals surface area contributed by atoms with Gasteiger partial charge in [-0.15, -0.1) is 0 Å². The molecule has 2 aromatic rings. The first-order chi connectivity index (χ1) is 10.2. The molecule has 2 heterocycles. The molecule has 21 heavy (non-hydrogen) atoms. The summed E-state index contributed by atoms with van der Waals surface area (Å²) in [6.45, 7) is 3.41. The summed E-state index contributed by atoms with van der Waals surface area (Å²) in [6.07, 6.45) is 1.82. The highest BCUT2D eigenvalue weighted by Gasteiger charge is 2.24. The van der Waals surface area contributed by atoms with Crippen LogP contribution in [-0.4, -0.2) is 15.8 Å². The van der Waals surface area contributed by atoms with Gasteiger partial charge < -0.3 is 4.90 Å². The molecule has 108 valence electrons. The lowest BCUT2D eigenvalue weighted by Crippen LogP contribution is -2.25. The number of halogens is 1. The molecular weight excluding hydrogens is 284 g/mol. The molecule has 0 saturated carbocycles. The second-order valence-electron chi connectivity index (χ2n) is 5.35. The fourth-order valence-electron chi connectivity index (χ4n) is 2.72. The number of aromatic nitrogens is 1. The molecule has 0 fully saturated rings. The maximum Gasteiger partial charge on any atom is 0.254 e. The van der Waals surface area contributed by atoms with Gasteiger partial charge in [-0.3, -0.25) is 4.79 Å². The largest absolute Gasteiger partial charge is 0.330 e. The molecule has 0 spiro atoms. The Bertz CT molecular complexity index is 659. The number of aryl methyl sites for hydroxylation is 1. The number of pyridine rings is 1. The molecule has 1 aromatic carbocycles. The third kappa shape index (κ3) is 2.93. The highest BCUT2D eigenvalue weighted by Crippen LogP contribution is 2.24. The van der Waals surface area contributed by atoms with E-state index >= 15 is 0 Å². The Hall–Kier alpha value is -1.87. The summed E-state index contributed by atoms with van der Waals surface area (Å²) in [5.74, 6) is 0.0212. The molecular formula is C17H17ClN2O. The first-order valence-corrected chi connectivity index (χ1v) is 7.57. The number of fused-ring (bicyclic) bond motifs is 1. The molecule has 1 amide bonds. The monoisotopic (exact) mass is 300 g/mol. The first kappa shape index (κ1) is 14.1. The van der Waals surface area contributed by atoms with Crippen LogP contribution in [-0.2, 0) is 19.5 Å². The van der Waals surface area contributed by atoms with Crippen molar-refractivity contribution in [3.8, 4) is 0 Å². The molecule has 0 N–H and O–H groups in total. The lowest BCUT2D eigenvalue weighted by atomic mass is 10.1. The van der Waals surface area contributed by atoms with Crippen LogP contribution >= 0.6 is 11.6 Å². The van der Waals surface area contributed by atoms with Crippen molar-refractivity contribution in [1.29, 1.82) is 0 Å². The number of amides is 1. The maximum atomic E-state index is 12.7. The van der Waals surface area contributed by atoms with Crippen LogP contribution in [0.1, 0.15) is 40.5 Å². The maximum absolute atomic E-state index is 12.7. The Balaban J connectivity index is 1.84. The van der Waals surface area contributed by atoms with Gasteiger partial charge in [-0.2, -0.15) is 0 Å². The van der Waals surface area contributed by atoms with Crippen molar-refractivity contribution < 1.29 is 4.79 Å². The lowest BCUT2D eigenvalue weighted by Gasteiger charge is -2.16. The zero-order valence-electron chi connectivity index (χ0n) is 12.0. The first-order valence-electron chi connectivity index (χ1n) is 7.20.